The molecule has 3 aromatic rings. The summed E-state index contributed by atoms with van der Waals surface area (Å²) >= 11 is 0. The highest BCUT2D eigenvalue weighted by atomic mass is 16.5. The zero-order valence-corrected chi connectivity index (χ0v) is 52.2. The predicted molar refractivity (Wildman–Crippen MR) is 356 cm³/mol. The van der Waals surface area contributed by atoms with E-state index >= 15 is 0 Å². The Balaban J connectivity index is 0.754. The van der Waals surface area contributed by atoms with Gasteiger partial charge in [-0.25, -0.2) is 0 Å². The molecule has 0 saturated heterocycles. The summed E-state index contributed by atoms with van der Waals surface area (Å²) in [4.78, 5) is 5.38. The van der Waals surface area contributed by atoms with Crippen molar-refractivity contribution in [2.45, 2.75) is 203 Å². The van der Waals surface area contributed by atoms with Crippen molar-refractivity contribution in [2.75, 3.05) is 29.6 Å². The molecule has 2 fully saturated rings. The molecular formula is C80H102N2O3. The monoisotopic (exact) mass is 1140 g/mol. The maximum absolute atomic E-state index is 6.80. The topological polar surface area (TPSA) is 34.2 Å². The lowest BCUT2D eigenvalue weighted by molar-refractivity contribution is 0.00318. The summed E-state index contributed by atoms with van der Waals surface area (Å²) in [5, 5.41) is 0. The van der Waals surface area contributed by atoms with Gasteiger partial charge in [0, 0.05) is 70.9 Å². The van der Waals surface area contributed by atoms with Gasteiger partial charge >= 0.3 is 0 Å². The lowest BCUT2D eigenvalue weighted by atomic mass is 9.58. The van der Waals surface area contributed by atoms with Crippen LogP contribution in [0.25, 0.3) is 0 Å². The third-order valence-corrected chi connectivity index (χ3v) is 21.9. The summed E-state index contributed by atoms with van der Waals surface area (Å²) in [6, 6.07) is 27.0. The number of ether oxygens (including phenoxy) is 3. The first kappa shape index (κ1) is 59.7. The van der Waals surface area contributed by atoms with E-state index in [1.54, 1.807) is 22.4 Å². The fourth-order valence-corrected chi connectivity index (χ4v) is 17.1. The number of anilines is 3. The molecule has 12 unspecified atom stereocenters. The minimum atomic E-state index is 0.0114. The van der Waals surface area contributed by atoms with Crippen LogP contribution in [-0.4, -0.2) is 38.1 Å². The molecule has 5 nitrogen and oxygen atoms in total. The van der Waals surface area contributed by atoms with Crippen molar-refractivity contribution in [1.82, 2.24) is 0 Å². The average molecular weight is 1140 g/mol. The molecule has 0 amide bonds. The SMILES string of the molecule is C=CC1C=CC(OCCCCCCOC2CCC3C(C2)c2cc(C4C=CC(N(c5ccccc5)c5ccc6c(c5)C(CC(C)CCC(C)COC5CCC(C=C)CC5)(C5C=CCCC5)C5C=CC=CC65)=CC4)ccc2N3C2=CCC(C)CC2)=CC1. The highest BCUT2D eigenvalue weighted by Gasteiger charge is 2.55. The Morgan fingerprint density at radius 3 is 2.31 bits per heavy atom. The summed E-state index contributed by atoms with van der Waals surface area (Å²) < 4.78 is 19.5. The first-order valence-electron chi connectivity index (χ1n) is 34.3. The van der Waals surface area contributed by atoms with E-state index in [0.29, 0.717) is 71.5 Å². The van der Waals surface area contributed by atoms with Gasteiger partial charge in [-0.2, -0.15) is 0 Å². The van der Waals surface area contributed by atoms with Crippen molar-refractivity contribution in [1.29, 1.82) is 0 Å². The third kappa shape index (κ3) is 13.5. The van der Waals surface area contributed by atoms with Gasteiger partial charge in [0.25, 0.3) is 0 Å². The molecule has 12 atom stereocenters. The maximum Gasteiger partial charge on any atom is 0.115 e. The minimum absolute atomic E-state index is 0.0114. The maximum atomic E-state index is 6.80. The van der Waals surface area contributed by atoms with Crippen molar-refractivity contribution < 1.29 is 14.2 Å². The smallest absolute Gasteiger partial charge is 0.115 e. The zero-order valence-electron chi connectivity index (χ0n) is 52.2. The van der Waals surface area contributed by atoms with Gasteiger partial charge in [0.1, 0.15) is 5.76 Å². The van der Waals surface area contributed by atoms with Crippen molar-refractivity contribution in [3.8, 4) is 0 Å². The standard InChI is InChI=1S/C80H102N2O3/c1-6-60-30-42-69(43-31-60)83-50-18-8-9-19-51-84-71-46-49-79-75(54-71)74-52-63(36-48-78(74)82(79)67-37-28-57(3)29-38-67)62-34-39-66(40-35-62)81(65-22-14-11-15-23-65)68-41-47-73-72-24-16-17-25-76(72)80(77(73)53-68,64-20-12-10-13-21-64)55-58(4)26-27-59(5)56-85-70-44-32-61(7-2)33-45-70/h6-7,11-12,14-17,20,22-25,30,34,36-37,39-43,47-48,52-53,57-62,64,70-72,75-76,79H,1-2,8-10,13,18-19,21,26-29,31-33,35,38,44-46,49-51,54-56H2,3-5H3. The summed E-state index contributed by atoms with van der Waals surface area (Å²) in [7, 11) is 0. The van der Waals surface area contributed by atoms with Gasteiger partial charge in [-0.15, -0.1) is 13.2 Å². The van der Waals surface area contributed by atoms with Crippen LogP contribution in [0.2, 0.25) is 0 Å². The summed E-state index contributed by atoms with van der Waals surface area (Å²) in [5.74, 6) is 6.17. The summed E-state index contributed by atoms with van der Waals surface area (Å²) in [5.41, 5.74) is 12.9. The number of hydrogen-bond acceptors (Lipinski definition) is 5. The first-order valence-corrected chi connectivity index (χ1v) is 34.3. The Kier molecular flexibility index (Phi) is 19.7. The fraction of sp³-hybridized carbons (Fsp3) is 0.525. The Bertz CT molecular complexity index is 3020. The molecule has 0 N–H and O–H groups in total. The van der Waals surface area contributed by atoms with Crippen LogP contribution < -0.4 is 9.80 Å². The zero-order chi connectivity index (χ0) is 58.1. The molecule has 0 bridgehead atoms. The van der Waals surface area contributed by atoms with Crippen LogP contribution in [0.1, 0.15) is 202 Å². The largest absolute Gasteiger partial charge is 0.494 e. The lowest BCUT2D eigenvalue weighted by Crippen LogP contribution is -2.41. The van der Waals surface area contributed by atoms with E-state index < -0.39 is 0 Å². The molecule has 450 valence electrons. The molecule has 85 heavy (non-hydrogen) atoms. The van der Waals surface area contributed by atoms with Crippen molar-refractivity contribution in [2.24, 2.45) is 41.4 Å². The second kappa shape index (κ2) is 28.0. The molecular weight excluding hydrogens is 1040 g/mol. The summed E-state index contributed by atoms with van der Waals surface area (Å²) in [6.45, 7) is 17.9. The number of nitrogens with zero attached hydrogens (tertiary/aromatic N) is 2. The average Bonchev–Trinajstić information content (AvgIpc) is 1.75. The van der Waals surface area contributed by atoms with Gasteiger partial charge in [-0.1, -0.05) is 143 Å². The molecule has 2 saturated carbocycles. The number of allylic oxidation sites excluding steroid dienone is 16. The van der Waals surface area contributed by atoms with Crippen LogP contribution in [0.5, 0.6) is 0 Å². The Morgan fingerprint density at radius 2 is 1.54 bits per heavy atom. The predicted octanol–water partition coefficient (Wildman–Crippen LogP) is 20.9. The Hall–Kier alpha value is -5.62. The first-order chi connectivity index (χ1) is 41.8. The quantitative estimate of drug-likeness (QED) is 0.0624. The second-order valence-electron chi connectivity index (χ2n) is 27.8. The number of rotatable bonds is 25. The van der Waals surface area contributed by atoms with Gasteiger partial charge in [0.2, 0.25) is 0 Å². The van der Waals surface area contributed by atoms with Gasteiger partial charge < -0.3 is 24.0 Å². The number of fused-ring (bicyclic) bond motifs is 6. The molecule has 5 heteroatoms. The van der Waals surface area contributed by atoms with Gasteiger partial charge in [0.15, 0.2) is 0 Å². The molecule has 1 aliphatic heterocycles. The van der Waals surface area contributed by atoms with Gasteiger partial charge in [-0.05, 0) is 241 Å². The van der Waals surface area contributed by atoms with Crippen molar-refractivity contribution in [3.05, 3.63) is 210 Å². The van der Waals surface area contributed by atoms with E-state index in [4.69, 9.17) is 14.2 Å². The van der Waals surface area contributed by atoms with Crippen LogP contribution in [-0.2, 0) is 19.6 Å². The van der Waals surface area contributed by atoms with E-state index in [1.807, 2.05) is 6.08 Å². The fourth-order valence-electron chi connectivity index (χ4n) is 17.1. The van der Waals surface area contributed by atoms with E-state index in [-0.39, 0.29) is 5.41 Å². The number of benzene rings is 3. The highest BCUT2D eigenvalue weighted by molar-refractivity contribution is 5.73. The molecule has 3 aromatic carbocycles. The number of para-hydroxylation sites is 1. The molecule has 0 radical (unpaired) electrons. The van der Waals surface area contributed by atoms with Gasteiger partial charge in [-0.3, -0.25) is 0 Å². The van der Waals surface area contributed by atoms with E-state index in [9.17, 15) is 0 Å². The Labute approximate surface area is 513 Å². The number of hydrogen-bond donors (Lipinski definition) is 0. The molecule has 1 heterocycles. The van der Waals surface area contributed by atoms with Crippen molar-refractivity contribution >= 4 is 17.1 Å². The summed E-state index contributed by atoms with van der Waals surface area (Å²) in [6.07, 6.45) is 62.3. The molecule has 9 aliphatic rings. The third-order valence-electron chi connectivity index (χ3n) is 21.9. The number of unbranched alkanes of at least 4 members (excludes halogenated alkanes) is 3. The van der Waals surface area contributed by atoms with Crippen LogP contribution in [0.3, 0.4) is 0 Å². The highest BCUT2D eigenvalue weighted by Crippen LogP contribution is 2.62. The van der Waals surface area contributed by atoms with E-state index in [2.05, 4.69) is 196 Å². The molecule has 0 aromatic heterocycles. The minimum Gasteiger partial charge on any atom is -0.494 e. The van der Waals surface area contributed by atoms with Crippen LogP contribution in [0.4, 0.5) is 17.1 Å². The van der Waals surface area contributed by atoms with Crippen LogP contribution >= 0.6 is 0 Å². The second-order valence-corrected chi connectivity index (χ2v) is 27.8. The molecule has 12 rings (SSSR count). The van der Waals surface area contributed by atoms with Crippen LogP contribution in [0.15, 0.2) is 188 Å². The van der Waals surface area contributed by atoms with E-state index in [1.165, 1.54) is 131 Å². The lowest BCUT2D eigenvalue weighted by Gasteiger charge is -2.46. The van der Waals surface area contributed by atoms with Crippen LogP contribution in [0, 0.1) is 41.4 Å². The van der Waals surface area contributed by atoms with Crippen molar-refractivity contribution in [3.63, 3.8) is 0 Å². The molecule has 0 spiro atoms. The normalized spacial score (nSPS) is 30.7. The van der Waals surface area contributed by atoms with Gasteiger partial charge in [0.05, 0.1) is 18.8 Å². The van der Waals surface area contributed by atoms with E-state index in [0.717, 1.165) is 70.0 Å². The molecule has 8 aliphatic carbocycles. The Morgan fingerprint density at radius 1 is 0.706 bits per heavy atom.